The van der Waals surface area contributed by atoms with Crippen molar-refractivity contribution in [3.63, 3.8) is 0 Å². The largest absolute Gasteiger partial charge is 0.489 e. The van der Waals surface area contributed by atoms with Gasteiger partial charge < -0.3 is 47.4 Å². The number of ether oxygens (including phenoxy) is 10. The Kier molecular flexibility index (Phi) is 72.5. The van der Waals surface area contributed by atoms with Gasteiger partial charge in [0.05, 0.1) is 14.2 Å². The Morgan fingerprint density at radius 2 is 0.364 bits per heavy atom. The molecular weight excluding hydrogens is 1750 g/mol. The lowest BCUT2D eigenvalue weighted by molar-refractivity contribution is -0.155. The van der Waals surface area contributed by atoms with Crippen molar-refractivity contribution < 1.29 is 76.1 Å². The molecule has 0 aliphatic heterocycles. The first-order chi connectivity index (χ1) is 68.5. The highest BCUT2D eigenvalue weighted by Gasteiger charge is 2.27. The van der Waals surface area contributed by atoms with Crippen molar-refractivity contribution in [2.75, 3.05) is 67.1 Å². The van der Waals surface area contributed by atoms with Crippen molar-refractivity contribution in [1.82, 2.24) is 0 Å². The van der Waals surface area contributed by atoms with Crippen LogP contribution in [0.5, 0.6) is 23.0 Å². The third-order valence-electron chi connectivity index (χ3n) is 28.1. The first-order valence-electron chi connectivity index (χ1n) is 57.7. The number of benzene rings is 4. The molecule has 1 aliphatic rings. The van der Waals surface area contributed by atoms with Gasteiger partial charge in [0.15, 0.2) is 0 Å². The predicted molar refractivity (Wildman–Crippen MR) is 579 cm³/mol. The van der Waals surface area contributed by atoms with E-state index >= 15 is 0 Å². The van der Waals surface area contributed by atoms with Gasteiger partial charge in [-0.25, -0.2) is 9.59 Å². The smallest absolute Gasteiger partial charge is 0.333 e. The Labute approximate surface area is 853 Å². The fourth-order valence-corrected chi connectivity index (χ4v) is 19.9. The fourth-order valence-electron chi connectivity index (χ4n) is 19.9. The summed E-state index contributed by atoms with van der Waals surface area (Å²) in [7, 11) is 2.51. The van der Waals surface area contributed by atoms with Gasteiger partial charge in [0, 0.05) is 36.8 Å². The van der Waals surface area contributed by atoms with Gasteiger partial charge in [0.25, 0.3) is 0 Å². The summed E-state index contributed by atoms with van der Waals surface area (Å²) in [6.07, 6.45) is 85.1. The summed E-state index contributed by atoms with van der Waals surface area (Å²) in [5, 5.41) is 0. The first kappa shape index (κ1) is 123. The molecule has 0 radical (unpaired) electrons. The summed E-state index contributed by atoms with van der Waals surface area (Å²) in [5.41, 5.74) is 12.6. The van der Waals surface area contributed by atoms with Gasteiger partial charge >= 0.3 is 35.8 Å². The Hall–Kier alpha value is -7.62. The molecule has 0 saturated heterocycles. The minimum Gasteiger partial charge on any atom is -0.489 e. The van der Waals surface area contributed by atoms with Crippen LogP contribution in [-0.4, -0.2) is 103 Å². The molecule has 0 atom stereocenters. The predicted octanol–water partition coefficient (Wildman–Crippen LogP) is 33.5. The van der Waals surface area contributed by atoms with E-state index in [1.807, 2.05) is 0 Å². The van der Waals surface area contributed by atoms with Gasteiger partial charge in [0.1, 0.15) is 88.7 Å². The molecule has 16 heteroatoms. The highest BCUT2D eigenvalue weighted by atomic mass is 16.6. The van der Waals surface area contributed by atoms with E-state index < -0.39 is 48.7 Å². The molecule has 4 aromatic rings. The number of unbranched alkanes of at least 4 members (excludes halogenated alkanes) is 60. The Morgan fingerprint density at radius 3 is 0.514 bits per heavy atom. The second-order valence-electron chi connectivity index (χ2n) is 41.1. The maximum atomic E-state index is 13.4. The number of fused-ring (bicyclic) bond motifs is 8. The number of carbonyl (C=O) groups excluding carboxylic acids is 6. The first-order valence-corrected chi connectivity index (χ1v) is 57.7. The van der Waals surface area contributed by atoms with Crippen molar-refractivity contribution in [3.8, 4) is 23.0 Å². The van der Waals surface area contributed by atoms with Gasteiger partial charge in [0.2, 0.25) is 0 Å². The zero-order chi connectivity index (χ0) is 101. The van der Waals surface area contributed by atoms with Gasteiger partial charge in [-0.3, -0.25) is 19.2 Å². The number of aryl methyl sites for hydroxylation is 4. The molecular formula is C124H200O16. The van der Waals surface area contributed by atoms with E-state index in [0.29, 0.717) is 59.8 Å². The topological polar surface area (TPSA) is 195 Å². The highest BCUT2D eigenvalue weighted by Crippen LogP contribution is 2.43. The fraction of sp³-hybridized carbons (Fsp3) is 0.726. The van der Waals surface area contributed by atoms with Crippen molar-refractivity contribution in [2.45, 2.75) is 517 Å². The normalized spacial score (nSPS) is 11.8. The van der Waals surface area contributed by atoms with E-state index in [4.69, 9.17) is 47.4 Å². The number of methoxy groups -OCH3 is 2. The summed E-state index contributed by atoms with van der Waals surface area (Å²) in [4.78, 5) is 78.3. The van der Waals surface area contributed by atoms with Crippen LogP contribution in [0, 0.1) is 0 Å². The Bertz CT molecular complexity index is 3610. The van der Waals surface area contributed by atoms with Crippen LogP contribution in [0.1, 0.15) is 532 Å². The van der Waals surface area contributed by atoms with E-state index in [2.05, 4.69) is 89.4 Å². The van der Waals surface area contributed by atoms with E-state index in [1.54, 1.807) is 13.8 Å². The van der Waals surface area contributed by atoms with Crippen LogP contribution < -0.4 is 18.9 Å². The molecule has 0 amide bonds. The highest BCUT2D eigenvalue weighted by molar-refractivity contribution is 5.91. The Morgan fingerprint density at radius 1 is 0.214 bits per heavy atom. The second-order valence-corrected chi connectivity index (χ2v) is 41.1. The molecule has 1 aliphatic carbocycles. The zero-order valence-corrected chi connectivity index (χ0v) is 90.5. The van der Waals surface area contributed by atoms with E-state index in [9.17, 15) is 28.8 Å². The minimum absolute atomic E-state index is 0.0287. The van der Waals surface area contributed by atoms with Crippen LogP contribution in [0.25, 0.3) is 0 Å². The average molecular weight is 1950 g/mol. The summed E-state index contributed by atoms with van der Waals surface area (Å²) in [6.45, 7) is 20.0. The molecule has 8 bridgehead atoms. The van der Waals surface area contributed by atoms with Crippen LogP contribution >= 0.6 is 0 Å². The molecule has 0 saturated carbocycles. The van der Waals surface area contributed by atoms with Crippen LogP contribution in [-0.2, 0) is 109 Å². The average Bonchev–Trinajstić information content (AvgIpc) is 0.769. The van der Waals surface area contributed by atoms with Crippen molar-refractivity contribution in [3.05, 3.63) is 140 Å². The third-order valence-corrected chi connectivity index (χ3v) is 28.1. The van der Waals surface area contributed by atoms with Gasteiger partial charge in [-0.1, -0.05) is 475 Å². The second kappa shape index (κ2) is 82.7. The lowest BCUT2D eigenvalue weighted by Gasteiger charge is -2.25. The number of rotatable bonds is 90. The summed E-state index contributed by atoms with van der Waals surface area (Å²) >= 11 is 0. The van der Waals surface area contributed by atoms with Crippen LogP contribution in [0.3, 0.4) is 0 Å². The van der Waals surface area contributed by atoms with Gasteiger partial charge in [-0.2, -0.15) is 0 Å². The standard InChI is InChI=1S/C124H200O16/c1-11-15-19-23-27-31-35-39-43-47-51-55-59-63-67-71-75-103-87-107-95-111-91-105(77-73-69-65-61-57-53-49-45-41-37-33-29-25-21-17-13-3)93-113(121(111)137-83-85-139-123(129)101(5)6)97-109-89-104(76-72-68-64-60-56-52-48-44-40-36-32-28-24-20-16-12-2)90-110(120(109)136-82-80-134-118(128)100-116(126)132-10)98-114-94-106(78-74-70-66-62-58-54-50-46-42-38-34-30-26-22-18-14-4)92-112(122(114)138-84-86-140-124(130)102(7)8)96-108(88-103)119(107)135-81-79-133-117(127)99-115(125)131-9/h87-94H,5,7,11-86,95-100H2,1-4,6,8-10H3. The maximum Gasteiger partial charge on any atom is 0.333 e. The molecule has 0 heterocycles. The molecule has 0 fully saturated rings. The molecule has 792 valence electrons. The van der Waals surface area contributed by atoms with Gasteiger partial charge in [-0.05, 0) is 132 Å². The summed E-state index contributed by atoms with van der Waals surface area (Å²) in [6, 6.07) is 18.6. The summed E-state index contributed by atoms with van der Waals surface area (Å²) in [5.74, 6) is -1.21. The molecule has 0 N–H and O–H groups in total. The maximum absolute atomic E-state index is 13.4. The van der Waals surface area contributed by atoms with Crippen molar-refractivity contribution in [2.24, 2.45) is 0 Å². The number of hydrogen-bond acceptors (Lipinski definition) is 16. The third kappa shape index (κ3) is 59.0. The van der Waals surface area contributed by atoms with Crippen molar-refractivity contribution >= 4 is 35.8 Å². The molecule has 0 spiro atoms. The quantitative estimate of drug-likeness (QED) is 0.0117. The van der Waals surface area contributed by atoms with E-state index in [0.717, 1.165) is 147 Å². The van der Waals surface area contributed by atoms with Crippen molar-refractivity contribution in [1.29, 1.82) is 0 Å². The number of esters is 6. The van der Waals surface area contributed by atoms with E-state index in [-0.39, 0.29) is 52.9 Å². The minimum atomic E-state index is -0.713. The SMILES string of the molecule is C=C(C)C(=O)OCCOc1c2cc(CCCCCCCCCCCCCCCCCC)cc1Cc1cc(CCCCCCCCCCCCCCCCCC)cc(c1OCCOC(=O)CC(=O)OC)Cc1cc(CCCCCCCCCCCCCCCCCC)cc(c1OCCOC(=O)C(=C)C)Cc1cc(CCCCCCCCCCCCCCCCCC)cc(c1OCCOC(=O)CC(=O)OC)C2. The van der Waals surface area contributed by atoms with Gasteiger partial charge in [-0.15, -0.1) is 0 Å². The molecule has 140 heavy (non-hydrogen) atoms. The summed E-state index contributed by atoms with van der Waals surface area (Å²) < 4.78 is 62.1. The van der Waals surface area contributed by atoms with Crippen LogP contribution in [0.2, 0.25) is 0 Å². The van der Waals surface area contributed by atoms with Crippen LogP contribution in [0.15, 0.2) is 72.8 Å². The lowest BCUT2D eigenvalue weighted by atomic mass is 9.86. The number of hydrogen-bond donors (Lipinski definition) is 0. The molecule has 4 aromatic carbocycles. The molecule has 16 nitrogen and oxygen atoms in total. The number of carbonyl (C=O) groups is 6. The molecule has 0 aromatic heterocycles. The van der Waals surface area contributed by atoms with E-state index in [1.165, 1.54) is 370 Å². The molecule has 5 rings (SSSR count). The zero-order valence-electron chi connectivity index (χ0n) is 90.5. The lowest BCUT2D eigenvalue weighted by Crippen LogP contribution is -2.18. The Balaban J connectivity index is 1.77. The van der Waals surface area contributed by atoms with Crippen LogP contribution in [0.4, 0.5) is 0 Å². The monoisotopic (exact) mass is 1950 g/mol. The molecule has 0 unspecified atom stereocenters.